The molecular weight excluding hydrogens is 252 g/mol. The quantitative estimate of drug-likeness (QED) is 0.817. The molecule has 20 heavy (non-hydrogen) atoms. The predicted octanol–water partition coefficient (Wildman–Crippen LogP) is 1.21. The first-order chi connectivity index (χ1) is 9.74. The van der Waals surface area contributed by atoms with Gasteiger partial charge in [0.1, 0.15) is 5.82 Å². The van der Waals surface area contributed by atoms with Crippen molar-refractivity contribution in [1.82, 2.24) is 20.2 Å². The van der Waals surface area contributed by atoms with Crippen LogP contribution < -0.4 is 9.80 Å². The van der Waals surface area contributed by atoms with E-state index in [0.29, 0.717) is 0 Å². The summed E-state index contributed by atoms with van der Waals surface area (Å²) in [6.07, 6.45) is 3.48. The molecule has 2 aromatic rings. The van der Waals surface area contributed by atoms with Gasteiger partial charge in [-0.2, -0.15) is 5.10 Å². The third kappa shape index (κ3) is 2.54. The van der Waals surface area contributed by atoms with Crippen LogP contribution in [0.5, 0.6) is 0 Å². The van der Waals surface area contributed by atoms with E-state index in [0.717, 1.165) is 49.2 Å². The van der Waals surface area contributed by atoms with Crippen LogP contribution in [0.4, 0.5) is 11.6 Å². The Morgan fingerprint density at radius 2 is 1.55 bits per heavy atom. The number of rotatable bonds is 2. The summed E-state index contributed by atoms with van der Waals surface area (Å²) in [4.78, 5) is 13.3. The van der Waals surface area contributed by atoms with Gasteiger partial charge in [0.05, 0.1) is 11.4 Å². The molecule has 104 valence electrons. The Labute approximate surface area is 118 Å². The van der Waals surface area contributed by atoms with Crippen LogP contribution in [0, 0.1) is 13.8 Å². The van der Waals surface area contributed by atoms with Gasteiger partial charge in [0.15, 0.2) is 5.82 Å². The molecule has 6 nitrogen and oxygen atoms in total. The summed E-state index contributed by atoms with van der Waals surface area (Å²) in [5, 5.41) is 8.36. The van der Waals surface area contributed by atoms with Crippen LogP contribution in [-0.4, -0.2) is 46.3 Å². The standard InChI is InChI=1S/C14H18N6/c1-11-3-4-13(18-17-11)19-7-9-20(10-8-19)14-12(2)15-5-6-16-14/h3-6H,7-10H2,1-2H3. The fraction of sp³-hybridized carbons (Fsp3) is 0.429. The van der Waals surface area contributed by atoms with E-state index in [9.17, 15) is 0 Å². The van der Waals surface area contributed by atoms with Gasteiger partial charge < -0.3 is 9.80 Å². The van der Waals surface area contributed by atoms with Gasteiger partial charge in [0, 0.05) is 38.6 Å². The summed E-state index contributed by atoms with van der Waals surface area (Å²) >= 11 is 0. The van der Waals surface area contributed by atoms with Crippen LogP contribution in [0.3, 0.4) is 0 Å². The summed E-state index contributed by atoms with van der Waals surface area (Å²) in [7, 11) is 0. The monoisotopic (exact) mass is 270 g/mol. The largest absolute Gasteiger partial charge is 0.352 e. The first-order valence-corrected chi connectivity index (χ1v) is 6.82. The van der Waals surface area contributed by atoms with E-state index in [1.165, 1.54) is 0 Å². The highest BCUT2D eigenvalue weighted by Crippen LogP contribution is 2.18. The topological polar surface area (TPSA) is 58.0 Å². The number of nitrogens with zero attached hydrogens (tertiary/aromatic N) is 6. The summed E-state index contributed by atoms with van der Waals surface area (Å²) in [5.74, 6) is 1.94. The van der Waals surface area contributed by atoms with Gasteiger partial charge in [-0.15, -0.1) is 5.10 Å². The van der Waals surface area contributed by atoms with Gasteiger partial charge in [-0.05, 0) is 26.0 Å². The van der Waals surface area contributed by atoms with Crippen LogP contribution in [0.1, 0.15) is 11.4 Å². The average molecular weight is 270 g/mol. The van der Waals surface area contributed by atoms with E-state index in [4.69, 9.17) is 0 Å². The summed E-state index contributed by atoms with van der Waals surface area (Å²) in [5.41, 5.74) is 1.93. The molecule has 0 spiro atoms. The lowest BCUT2D eigenvalue weighted by Crippen LogP contribution is -2.47. The molecule has 1 aliphatic heterocycles. The molecule has 0 bridgehead atoms. The lowest BCUT2D eigenvalue weighted by Gasteiger charge is -2.36. The summed E-state index contributed by atoms with van der Waals surface area (Å²) in [6, 6.07) is 4.03. The Hall–Kier alpha value is -2.24. The molecule has 1 aliphatic rings. The van der Waals surface area contributed by atoms with Crippen molar-refractivity contribution in [3.8, 4) is 0 Å². The van der Waals surface area contributed by atoms with Crippen molar-refractivity contribution < 1.29 is 0 Å². The van der Waals surface area contributed by atoms with Gasteiger partial charge in [-0.1, -0.05) is 0 Å². The van der Waals surface area contributed by atoms with Crippen molar-refractivity contribution >= 4 is 11.6 Å². The molecule has 3 rings (SSSR count). The van der Waals surface area contributed by atoms with Gasteiger partial charge in [-0.25, -0.2) is 4.98 Å². The highest BCUT2D eigenvalue weighted by molar-refractivity contribution is 5.46. The number of piperazine rings is 1. The third-order valence-electron chi connectivity index (χ3n) is 3.54. The predicted molar refractivity (Wildman–Crippen MR) is 78.0 cm³/mol. The number of anilines is 2. The van der Waals surface area contributed by atoms with Crippen LogP contribution in [-0.2, 0) is 0 Å². The maximum atomic E-state index is 4.43. The van der Waals surface area contributed by atoms with E-state index in [-0.39, 0.29) is 0 Å². The van der Waals surface area contributed by atoms with Crippen molar-refractivity contribution in [3.05, 3.63) is 35.9 Å². The average Bonchev–Trinajstić information content (AvgIpc) is 2.49. The van der Waals surface area contributed by atoms with Crippen molar-refractivity contribution in [2.24, 2.45) is 0 Å². The number of aryl methyl sites for hydroxylation is 2. The third-order valence-corrected chi connectivity index (χ3v) is 3.54. The first kappa shape index (κ1) is 12.8. The van der Waals surface area contributed by atoms with Gasteiger partial charge in [-0.3, -0.25) is 4.98 Å². The molecule has 0 atom stereocenters. The van der Waals surface area contributed by atoms with Crippen molar-refractivity contribution in [3.63, 3.8) is 0 Å². The van der Waals surface area contributed by atoms with Crippen molar-refractivity contribution in [1.29, 1.82) is 0 Å². The second kappa shape index (κ2) is 5.40. The Balaban J connectivity index is 1.68. The Kier molecular flexibility index (Phi) is 3.45. The fourth-order valence-electron chi connectivity index (χ4n) is 2.42. The maximum absolute atomic E-state index is 4.43. The molecule has 0 aromatic carbocycles. The van der Waals surface area contributed by atoms with Crippen molar-refractivity contribution in [2.45, 2.75) is 13.8 Å². The lowest BCUT2D eigenvalue weighted by molar-refractivity contribution is 0.634. The van der Waals surface area contributed by atoms with Crippen molar-refractivity contribution in [2.75, 3.05) is 36.0 Å². The molecule has 2 aromatic heterocycles. The normalized spacial score (nSPS) is 15.5. The Morgan fingerprint density at radius 1 is 0.850 bits per heavy atom. The zero-order valence-electron chi connectivity index (χ0n) is 11.8. The molecule has 0 unspecified atom stereocenters. The number of aromatic nitrogens is 4. The molecule has 1 saturated heterocycles. The smallest absolute Gasteiger partial charge is 0.151 e. The first-order valence-electron chi connectivity index (χ1n) is 6.82. The zero-order chi connectivity index (χ0) is 13.9. The maximum Gasteiger partial charge on any atom is 0.151 e. The van der Waals surface area contributed by atoms with E-state index < -0.39 is 0 Å². The second-order valence-electron chi connectivity index (χ2n) is 4.97. The molecule has 1 fully saturated rings. The number of hydrogen-bond acceptors (Lipinski definition) is 6. The van der Waals surface area contributed by atoms with E-state index in [2.05, 4.69) is 30.0 Å². The Bertz CT molecular complexity index is 574. The highest BCUT2D eigenvalue weighted by atomic mass is 15.3. The molecule has 0 N–H and O–H groups in total. The molecule has 0 saturated carbocycles. The zero-order valence-corrected chi connectivity index (χ0v) is 11.8. The lowest BCUT2D eigenvalue weighted by atomic mass is 10.3. The SMILES string of the molecule is Cc1ccc(N2CCN(c3nccnc3C)CC2)nn1. The van der Waals surface area contributed by atoms with E-state index in [1.54, 1.807) is 12.4 Å². The Morgan fingerprint density at radius 3 is 2.20 bits per heavy atom. The molecule has 6 heteroatoms. The summed E-state index contributed by atoms with van der Waals surface area (Å²) in [6.45, 7) is 7.65. The molecule has 0 aliphatic carbocycles. The van der Waals surface area contributed by atoms with Gasteiger partial charge in [0.2, 0.25) is 0 Å². The minimum atomic E-state index is 0.924. The molecule has 0 radical (unpaired) electrons. The minimum Gasteiger partial charge on any atom is -0.352 e. The summed E-state index contributed by atoms with van der Waals surface area (Å²) < 4.78 is 0. The van der Waals surface area contributed by atoms with E-state index in [1.807, 2.05) is 26.0 Å². The van der Waals surface area contributed by atoms with Crippen LogP contribution in [0.2, 0.25) is 0 Å². The minimum absolute atomic E-state index is 0.924. The van der Waals surface area contributed by atoms with Gasteiger partial charge in [0.25, 0.3) is 0 Å². The second-order valence-corrected chi connectivity index (χ2v) is 4.97. The fourth-order valence-corrected chi connectivity index (χ4v) is 2.42. The van der Waals surface area contributed by atoms with E-state index >= 15 is 0 Å². The van der Waals surface area contributed by atoms with Gasteiger partial charge >= 0.3 is 0 Å². The number of hydrogen-bond donors (Lipinski definition) is 0. The molecular formula is C14H18N6. The molecule has 3 heterocycles. The van der Waals surface area contributed by atoms with Crippen LogP contribution in [0.25, 0.3) is 0 Å². The van der Waals surface area contributed by atoms with Crippen LogP contribution in [0.15, 0.2) is 24.5 Å². The van der Waals surface area contributed by atoms with Crippen LogP contribution >= 0.6 is 0 Å². The molecule has 0 amide bonds. The highest BCUT2D eigenvalue weighted by Gasteiger charge is 2.20.